The molecule has 1 aliphatic carbocycles. The van der Waals surface area contributed by atoms with E-state index in [1.54, 1.807) is 0 Å². The summed E-state index contributed by atoms with van der Waals surface area (Å²) in [6, 6.07) is 0.624. The normalized spacial score (nSPS) is 17.5. The number of carbonyl (C=O) groups excluding carboxylic acids is 1. The molecule has 1 fully saturated rings. The van der Waals surface area contributed by atoms with Crippen LogP contribution in [0.3, 0.4) is 0 Å². The monoisotopic (exact) mass is 211 g/mol. The third-order valence-electron chi connectivity index (χ3n) is 3.18. The highest BCUT2D eigenvalue weighted by atomic mass is 16.1. The van der Waals surface area contributed by atoms with Crippen LogP contribution in [0.25, 0.3) is 0 Å². The van der Waals surface area contributed by atoms with Crippen LogP contribution in [-0.2, 0) is 4.79 Å². The Kier molecular flexibility index (Phi) is 5.92. The number of rotatable bonds is 7. The molecule has 0 heterocycles. The minimum absolute atomic E-state index is 0.391. The highest BCUT2D eigenvalue weighted by molar-refractivity contribution is 5.80. The van der Waals surface area contributed by atoms with E-state index >= 15 is 0 Å². The quantitative estimate of drug-likeness (QED) is 0.701. The molecule has 1 saturated carbocycles. The zero-order valence-electron chi connectivity index (χ0n) is 10.2. The zero-order chi connectivity index (χ0) is 11.1. The van der Waals surface area contributed by atoms with Crippen molar-refractivity contribution in [2.24, 2.45) is 5.92 Å². The van der Waals surface area contributed by atoms with Gasteiger partial charge in [-0.3, -0.25) is 4.79 Å². The highest BCUT2D eigenvalue weighted by Crippen LogP contribution is 2.17. The van der Waals surface area contributed by atoms with Gasteiger partial charge in [0.05, 0.1) is 6.54 Å². The second-order valence-corrected chi connectivity index (χ2v) is 5.19. The Hall–Kier alpha value is -0.370. The zero-order valence-corrected chi connectivity index (χ0v) is 10.2. The molecule has 0 aromatic heterocycles. The van der Waals surface area contributed by atoms with Gasteiger partial charge >= 0.3 is 0 Å². The fraction of sp³-hybridized carbons (Fsp3) is 0.923. The van der Waals surface area contributed by atoms with Crippen LogP contribution in [0.1, 0.15) is 58.8 Å². The number of carbonyl (C=O) groups is 1. The van der Waals surface area contributed by atoms with Crippen LogP contribution in [0.15, 0.2) is 0 Å². The summed E-state index contributed by atoms with van der Waals surface area (Å²) in [4.78, 5) is 11.5. The van der Waals surface area contributed by atoms with E-state index in [0.717, 1.165) is 18.8 Å². The maximum atomic E-state index is 11.5. The van der Waals surface area contributed by atoms with Crippen LogP contribution in [0.2, 0.25) is 0 Å². The molecule has 0 bridgehead atoms. The SMILES string of the molecule is CC(C)CCCC(=O)CNC1CCCC1. The van der Waals surface area contributed by atoms with Crippen LogP contribution >= 0.6 is 0 Å². The van der Waals surface area contributed by atoms with Gasteiger partial charge in [0, 0.05) is 12.5 Å². The van der Waals surface area contributed by atoms with E-state index in [-0.39, 0.29) is 0 Å². The third kappa shape index (κ3) is 5.93. The van der Waals surface area contributed by atoms with Crippen molar-refractivity contribution in [2.75, 3.05) is 6.54 Å². The first-order chi connectivity index (χ1) is 7.18. The predicted molar refractivity (Wildman–Crippen MR) is 64.0 cm³/mol. The van der Waals surface area contributed by atoms with E-state index in [4.69, 9.17) is 0 Å². The summed E-state index contributed by atoms with van der Waals surface area (Å²) in [6.07, 6.45) is 8.19. The Labute approximate surface area is 93.8 Å². The maximum Gasteiger partial charge on any atom is 0.146 e. The van der Waals surface area contributed by atoms with Gasteiger partial charge in [0.1, 0.15) is 5.78 Å². The van der Waals surface area contributed by atoms with Gasteiger partial charge in [-0.05, 0) is 25.2 Å². The Morgan fingerprint density at radius 1 is 1.33 bits per heavy atom. The van der Waals surface area contributed by atoms with Crippen LogP contribution in [0.5, 0.6) is 0 Å². The molecule has 88 valence electrons. The van der Waals surface area contributed by atoms with E-state index in [1.807, 2.05) is 0 Å². The van der Waals surface area contributed by atoms with Crippen LogP contribution < -0.4 is 5.32 Å². The fourth-order valence-corrected chi connectivity index (χ4v) is 2.18. The van der Waals surface area contributed by atoms with Gasteiger partial charge in [0.2, 0.25) is 0 Å². The van der Waals surface area contributed by atoms with E-state index in [1.165, 1.54) is 32.1 Å². The molecule has 0 aromatic rings. The average molecular weight is 211 g/mol. The van der Waals surface area contributed by atoms with Crippen molar-refractivity contribution < 1.29 is 4.79 Å². The number of ketones is 1. The summed E-state index contributed by atoms with van der Waals surface area (Å²) in [5, 5.41) is 3.37. The van der Waals surface area contributed by atoms with Crippen LogP contribution in [-0.4, -0.2) is 18.4 Å². The summed E-state index contributed by atoms with van der Waals surface area (Å²) in [6.45, 7) is 5.02. The summed E-state index contributed by atoms with van der Waals surface area (Å²) in [7, 11) is 0. The average Bonchev–Trinajstić information content (AvgIpc) is 2.66. The lowest BCUT2D eigenvalue weighted by atomic mass is 10.0. The minimum Gasteiger partial charge on any atom is -0.307 e. The number of nitrogens with one attached hydrogen (secondary N) is 1. The molecule has 0 aliphatic heterocycles. The van der Waals surface area contributed by atoms with E-state index in [9.17, 15) is 4.79 Å². The van der Waals surface area contributed by atoms with E-state index in [2.05, 4.69) is 19.2 Å². The van der Waals surface area contributed by atoms with Crippen molar-refractivity contribution in [3.05, 3.63) is 0 Å². The summed E-state index contributed by atoms with van der Waals surface area (Å²) >= 11 is 0. The Balaban J connectivity index is 1.98. The first-order valence-electron chi connectivity index (χ1n) is 6.43. The molecular weight excluding hydrogens is 186 g/mol. The van der Waals surface area contributed by atoms with Crippen molar-refractivity contribution in [1.29, 1.82) is 0 Å². The van der Waals surface area contributed by atoms with Crippen molar-refractivity contribution in [3.8, 4) is 0 Å². The maximum absolute atomic E-state index is 11.5. The Morgan fingerprint density at radius 3 is 2.60 bits per heavy atom. The molecule has 2 heteroatoms. The van der Waals surface area contributed by atoms with Crippen molar-refractivity contribution in [1.82, 2.24) is 5.32 Å². The highest BCUT2D eigenvalue weighted by Gasteiger charge is 2.14. The third-order valence-corrected chi connectivity index (χ3v) is 3.18. The Bertz CT molecular complexity index is 183. The molecule has 0 radical (unpaired) electrons. The number of hydrogen-bond donors (Lipinski definition) is 1. The molecule has 0 amide bonds. The molecule has 1 rings (SSSR count). The first kappa shape index (κ1) is 12.7. The molecule has 0 aromatic carbocycles. The summed E-state index contributed by atoms with van der Waals surface area (Å²) in [5.74, 6) is 1.11. The lowest BCUT2D eigenvalue weighted by molar-refractivity contribution is -0.118. The minimum atomic E-state index is 0.391. The molecule has 1 aliphatic rings. The molecular formula is C13H25NO. The summed E-state index contributed by atoms with van der Waals surface area (Å²) < 4.78 is 0. The topological polar surface area (TPSA) is 29.1 Å². The van der Waals surface area contributed by atoms with Gasteiger partial charge in [-0.25, -0.2) is 0 Å². The molecule has 1 N–H and O–H groups in total. The molecule has 15 heavy (non-hydrogen) atoms. The standard InChI is InChI=1S/C13H25NO/c1-11(2)6-5-9-13(15)10-14-12-7-3-4-8-12/h11-12,14H,3-10H2,1-2H3. The van der Waals surface area contributed by atoms with E-state index < -0.39 is 0 Å². The van der Waals surface area contributed by atoms with Crippen molar-refractivity contribution in [2.45, 2.75) is 64.8 Å². The number of hydrogen-bond acceptors (Lipinski definition) is 2. The van der Waals surface area contributed by atoms with Crippen molar-refractivity contribution >= 4 is 5.78 Å². The van der Waals surface area contributed by atoms with Gasteiger partial charge in [-0.15, -0.1) is 0 Å². The fourth-order valence-electron chi connectivity index (χ4n) is 2.18. The molecule has 0 spiro atoms. The molecule has 0 atom stereocenters. The van der Waals surface area contributed by atoms with E-state index in [0.29, 0.717) is 18.4 Å². The number of Topliss-reactive ketones (excluding diaryl/α,β-unsaturated/α-hetero) is 1. The largest absolute Gasteiger partial charge is 0.307 e. The lowest BCUT2D eigenvalue weighted by Gasteiger charge is -2.10. The van der Waals surface area contributed by atoms with Crippen molar-refractivity contribution in [3.63, 3.8) is 0 Å². The molecule has 0 saturated heterocycles. The smallest absolute Gasteiger partial charge is 0.146 e. The van der Waals surface area contributed by atoms with Gasteiger partial charge in [0.25, 0.3) is 0 Å². The lowest BCUT2D eigenvalue weighted by Crippen LogP contribution is -2.31. The molecule has 0 unspecified atom stereocenters. The van der Waals surface area contributed by atoms with Crippen LogP contribution in [0.4, 0.5) is 0 Å². The second-order valence-electron chi connectivity index (χ2n) is 5.19. The first-order valence-corrected chi connectivity index (χ1v) is 6.43. The summed E-state index contributed by atoms with van der Waals surface area (Å²) in [5.41, 5.74) is 0. The van der Waals surface area contributed by atoms with Gasteiger partial charge in [0.15, 0.2) is 0 Å². The second kappa shape index (κ2) is 7.00. The van der Waals surface area contributed by atoms with Gasteiger partial charge in [-0.1, -0.05) is 33.1 Å². The van der Waals surface area contributed by atoms with Crippen LogP contribution in [0, 0.1) is 5.92 Å². The Morgan fingerprint density at radius 2 is 2.00 bits per heavy atom. The van der Waals surface area contributed by atoms with Gasteiger partial charge < -0.3 is 5.32 Å². The predicted octanol–water partition coefficient (Wildman–Crippen LogP) is 2.91. The van der Waals surface area contributed by atoms with Gasteiger partial charge in [-0.2, -0.15) is 0 Å². The molecule has 2 nitrogen and oxygen atoms in total.